The number of rotatable bonds is 2. The number of halogens is 4. The third kappa shape index (κ3) is 4.35. The fraction of sp³-hybridized carbons (Fsp3) is 0.900. The molecule has 3 nitrogen and oxygen atoms in total. The second-order valence-electron chi connectivity index (χ2n) is 4.28. The van der Waals surface area contributed by atoms with Gasteiger partial charge in [-0.25, -0.2) is 0 Å². The number of carbonyl (C=O) groups excluding carboxylic acids is 1. The van der Waals surface area contributed by atoms with Crippen LogP contribution in [0.15, 0.2) is 0 Å². The van der Waals surface area contributed by atoms with Crippen LogP contribution < -0.4 is 5.73 Å². The van der Waals surface area contributed by atoms with E-state index in [-0.39, 0.29) is 56.7 Å². The number of amides is 1. The zero-order chi connectivity index (χ0) is 12.3. The average molecular weight is 275 g/mol. The van der Waals surface area contributed by atoms with Gasteiger partial charge >= 0.3 is 6.18 Å². The number of carbonyl (C=O) groups is 1. The van der Waals surface area contributed by atoms with Crippen molar-refractivity contribution >= 4 is 18.3 Å². The van der Waals surface area contributed by atoms with E-state index < -0.39 is 12.1 Å². The van der Waals surface area contributed by atoms with E-state index in [1.54, 1.807) is 6.92 Å². The number of piperidine rings is 1. The van der Waals surface area contributed by atoms with Gasteiger partial charge < -0.3 is 10.6 Å². The van der Waals surface area contributed by atoms with Crippen molar-refractivity contribution in [1.82, 2.24) is 4.90 Å². The summed E-state index contributed by atoms with van der Waals surface area (Å²) < 4.78 is 37.1. The molecule has 0 aromatic rings. The van der Waals surface area contributed by atoms with Crippen molar-refractivity contribution < 1.29 is 18.0 Å². The predicted octanol–water partition coefficient (Wildman–Crippen LogP) is 1.80. The highest BCUT2D eigenvalue weighted by atomic mass is 35.5. The van der Waals surface area contributed by atoms with Gasteiger partial charge in [-0.05, 0) is 12.8 Å². The van der Waals surface area contributed by atoms with E-state index in [2.05, 4.69) is 0 Å². The summed E-state index contributed by atoms with van der Waals surface area (Å²) in [5.74, 6) is -1.70. The number of hydrogen-bond acceptors (Lipinski definition) is 2. The first-order valence-corrected chi connectivity index (χ1v) is 5.41. The smallest absolute Gasteiger partial charge is 0.342 e. The molecule has 1 heterocycles. The molecule has 0 aliphatic carbocycles. The first-order valence-electron chi connectivity index (χ1n) is 5.41. The van der Waals surface area contributed by atoms with Crippen molar-refractivity contribution in [2.75, 3.05) is 19.6 Å². The normalized spacial score (nSPS) is 19.7. The van der Waals surface area contributed by atoms with Crippen molar-refractivity contribution in [3.8, 4) is 0 Å². The lowest BCUT2D eigenvalue weighted by molar-refractivity contribution is -0.186. The highest BCUT2D eigenvalue weighted by molar-refractivity contribution is 5.85. The summed E-state index contributed by atoms with van der Waals surface area (Å²) >= 11 is 0. The maximum Gasteiger partial charge on any atom is 0.391 e. The Morgan fingerprint density at radius 3 is 2.24 bits per heavy atom. The average Bonchev–Trinajstić information content (AvgIpc) is 2.26. The van der Waals surface area contributed by atoms with Crippen LogP contribution in [-0.4, -0.2) is 36.6 Å². The maximum absolute atomic E-state index is 12.4. The van der Waals surface area contributed by atoms with Crippen LogP contribution in [0.2, 0.25) is 0 Å². The molecule has 1 amide bonds. The zero-order valence-electron chi connectivity index (χ0n) is 9.67. The Balaban J connectivity index is 0.00000256. The summed E-state index contributed by atoms with van der Waals surface area (Å²) in [6.07, 6.45) is -4.12. The van der Waals surface area contributed by atoms with Crippen LogP contribution in [0.4, 0.5) is 13.2 Å². The largest absolute Gasteiger partial charge is 0.391 e. The molecular weight excluding hydrogens is 257 g/mol. The first-order chi connectivity index (χ1) is 7.36. The molecule has 1 aliphatic heterocycles. The molecular formula is C10H18ClF3N2O. The van der Waals surface area contributed by atoms with Crippen molar-refractivity contribution in [2.45, 2.75) is 25.9 Å². The molecule has 1 aliphatic rings. The minimum Gasteiger partial charge on any atom is -0.342 e. The monoisotopic (exact) mass is 274 g/mol. The van der Waals surface area contributed by atoms with Gasteiger partial charge in [-0.2, -0.15) is 13.2 Å². The number of nitrogens with zero attached hydrogens (tertiary/aromatic N) is 1. The lowest BCUT2D eigenvalue weighted by atomic mass is 9.95. The molecule has 0 spiro atoms. The second-order valence-corrected chi connectivity index (χ2v) is 4.28. The molecule has 1 atom stereocenters. The van der Waals surface area contributed by atoms with Crippen molar-refractivity contribution in [1.29, 1.82) is 0 Å². The van der Waals surface area contributed by atoms with Crippen LogP contribution in [0.5, 0.6) is 0 Å². The Morgan fingerprint density at radius 2 is 1.88 bits per heavy atom. The molecule has 0 saturated carbocycles. The van der Waals surface area contributed by atoms with Gasteiger partial charge in [0.25, 0.3) is 0 Å². The molecule has 0 aromatic carbocycles. The SMILES string of the molecule is CC(CN)C(=O)N1CCC(C(F)(F)F)CC1.Cl. The summed E-state index contributed by atoms with van der Waals surface area (Å²) in [5.41, 5.74) is 5.35. The van der Waals surface area contributed by atoms with Crippen LogP contribution in [0, 0.1) is 11.8 Å². The molecule has 102 valence electrons. The summed E-state index contributed by atoms with van der Waals surface area (Å²) in [6, 6.07) is 0. The van der Waals surface area contributed by atoms with E-state index >= 15 is 0 Å². The van der Waals surface area contributed by atoms with Gasteiger partial charge in [0.2, 0.25) is 5.91 Å². The minimum absolute atomic E-state index is 0. The van der Waals surface area contributed by atoms with Crippen LogP contribution in [0.1, 0.15) is 19.8 Å². The van der Waals surface area contributed by atoms with Gasteiger partial charge in [-0.1, -0.05) is 6.92 Å². The molecule has 17 heavy (non-hydrogen) atoms. The van der Waals surface area contributed by atoms with Crippen LogP contribution >= 0.6 is 12.4 Å². The third-order valence-electron chi connectivity index (χ3n) is 3.04. The maximum atomic E-state index is 12.4. The Labute approximate surface area is 105 Å². The van der Waals surface area contributed by atoms with Crippen LogP contribution in [0.25, 0.3) is 0 Å². The molecule has 2 N–H and O–H groups in total. The van der Waals surface area contributed by atoms with Gasteiger partial charge in [-0.3, -0.25) is 4.79 Å². The fourth-order valence-corrected chi connectivity index (χ4v) is 1.84. The predicted molar refractivity (Wildman–Crippen MR) is 60.8 cm³/mol. The lowest BCUT2D eigenvalue weighted by Gasteiger charge is -2.34. The van der Waals surface area contributed by atoms with Gasteiger partial charge in [-0.15, -0.1) is 12.4 Å². The quantitative estimate of drug-likeness (QED) is 0.835. The summed E-state index contributed by atoms with van der Waals surface area (Å²) in [5, 5.41) is 0. The molecule has 1 fully saturated rings. The number of hydrogen-bond donors (Lipinski definition) is 1. The zero-order valence-corrected chi connectivity index (χ0v) is 10.5. The van der Waals surface area contributed by atoms with E-state index in [0.29, 0.717) is 0 Å². The fourth-order valence-electron chi connectivity index (χ4n) is 1.84. The van der Waals surface area contributed by atoms with Gasteiger partial charge in [0, 0.05) is 25.6 Å². The molecule has 0 aromatic heterocycles. The topological polar surface area (TPSA) is 46.3 Å². The Bertz CT molecular complexity index is 252. The number of alkyl halides is 3. The Kier molecular flexibility index (Phi) is 6.26. The lowest BCUT2D eigenvalue weighted by Crippen LogP contribution is -2.45. The highest BCUT2D eigenvalue weighted by Gasteiger charge is 2.41. The van der Waals surface area contributed by atoms with Gasteiger partial charge in [0.1, 0.15) is 0 Å². The van der Waals surface area contributed by atoms with E-state index in [4.69, 9.17) is 5.73 Å². The number of nitrogens with two attached hydrogens (primary N) is 1. The molecule has 0 radical (unpaired) electrons. The molecule has 1 unspecified atom stereocenters. The van der Waals surface area contributed by atoms with E-state index in [0.717, 1.165) is 0 Å². The Hall–Kier alpha value is -0.490. The summed E-state index contributed by atoms with van der Waals surface area (Å²) in [4.78, 5) is 13.1. The molecule has 0 bridgehead atoms. The minimum atomic E-state index is -4.13. The molecule has 7 heteroatoms. The first kappa shape index (κ1) is 16.5. The van der Waals surface area contributed by atoms with Gasteiger partial charge in [0.15, 0.2) is 0 Å². The Morgan fingerprint density at radius 1 is 1.41 bits per heavy atom. The van der Waals surface area contributed by atoms with E-state index in [9.17, 15) is 18.0 Å². The summed E-state index contributed by atoms with van der Waals surface area (Å²) in [6.45, 7) is 2.30. The van der Waals surface area contributed by atoms with E-state index in [1.807, 2.05) is 0 Å². The van der Waals surface area contributed by atoms with Crippen LogP contribution in [0.3, 0.4) is 0 Å². The van der Waals surface area contributed by atoms with Crippen molar-refractivity contribution in [3.05, 3.63) is 0 Å². The van der Waals surface area contributed by atoms with Crippen LogP contribution in [-0.2, 0) is 4.79 Å². The highest BCUT2D eigenvalue weighted by Crippen LogP contribution is 2.34. The van der Waals surface area contributed by atoms with E-state index in [1.165, 1.54) is 4.90 Å². The van der Waals surface area contributed by atoms with Crippen molar-refractivity contribution in [2.24, 2.45) is 17.6 Å². The third-order valence-corrected chi connectivity index (χ3v) is 3.04. The van der Waals surface area contributed by atoms with Gasteiger partial charge in [0.05, 0.1) is 5.92 Å². The standard InChI is InChI=1S/C10H17F3N2O.ClH/c1-7(6-14)9(16)15-4-2-8(3-5-15)10(11,12)13;/h7-8H,2-6,14H2,1H3;1H. The molecule has 1 saturated heterocycles. The number of likely N-dealkylation sites (tertiary alicyclic amines) is 1. The summed E-state index contributed by atoms with van der Waals surface area (Å²) in [7, 11) is 0. The second kappa shape index (κ2) is 6.44. The molecule has 1 rings (SSSR count). The van der Waals surface area contributed by atoms with Crippen molar-refractivity contribution in [3.63, 3.8) is 0 Å².